The maximum absolute atomic E-state index is 12.9. The molecule has 83 heavy (non-hydrogen) atoms. The number of ether oxygens (including phenoxy) is 3. The van der Waals surface area contributed by atoms with Crippen molar-refractivity contribution >= 4 is 17.9 Å². The van der Waals surface area contributed by atoms with Gasteiger partial charge in [0.05, 0.1) is 0 Å². The highest BCUT2D eigenvalue weighted by Gasteiger charge is 2.19. The van der Waals surface area contributed by atoms with E-state index in [1.54, 1.807) is 0 Å². The van der Waals surface area contributed by atoms with E-state index in [1.807, 2.05) is 0 Å². The molecule has 1 unspecified atom stereocenters. The predicted molar refractivity (Wildman–Crippen MR) is 362 cm³/mol. The van der Waals surface area contributed by atoms with Gasteiger partial charge >= 0.3 is 17.9 Å². The van der Waals surface area contributed by atoms with Gasteiger partial charge < -0.3 is 14.2 Å². The molecule has 0 bridgehead atoms. The van der Waals surface area contributed by atoms with Crippen LogP contribution in [0.5, 0.6) is 0 Å². The van der Waals surface area contributed by atoms with Gasteiger partial charge in [0, 0.05) is 19.3 Å². The molecule has 0 spiro atoms. The Morgan fingerprint density at radius 3 is 0.747 bits per heavy atom. The van der Waals surface area contributed by atoms with E-state index in [0.717, 1.165) is 141 Å². The average Bonchev–Trinajstić information content (AvgIpc) is 3.49. The van der Waals surface area contributed by atoms with Gasteiger partial charge in [0.25, 0.3) is 0 Å². The molecule has 0 aliphatic heterocycles. The van der Waals surface area contributed by atoms with Gasteiger partial charge in [-0.2, -0.15) is 0 Å². The largest absolute Gasteiger partial charge is 0.462 e. The molecule has 0 N–H and O–H groups in total. The number of allylic oxidation sites excluding steroid dienone is 24. The molecule has 0 amide bonds. The maximum atomic E-state index is 12.9. The van der Waals surface area contributed by atoms with E-state index in [0.29, 0.717) is 19.3 Å². The molecule has 470 valence electrons. The molecule has 0 saturated carbocycles. The fraction of sp³-hybridized carbons (Fsp3) is 0.649. The third-order valence-electron chi connectivity index (χ3n) is 14.3. The standard InChI is InChI=1S/C77H126O6/c1-4-7-10-13-16-19-22-25-27-29-31-33-34-35-36-37-38-39-40-41-42-44-45-47-49-52-55-58-61-64-67-70-76(79)82-73-74(72-81-75(78)69-66-63-60-57-54-51-24-21-18-15-12-9-6-3)83-77(80)71-68-65-62-59-56-53-50-48-46-43-32-30-28-26-23-20-17-14-11-8-5-2/h7,9-10,12,16,18-19,21,23,25-27,30-33,35-36,38-39,41-42,51,54,74H,4-6,8,11,13-15,17,20,22,24,28-29,34,37,40,43-50,52-53,55-73H2,1-3H3/b10-7-,12-9-,19-16-,21-18-,26-23-,27-25-,32-30-,33-31-,36-35-,39-38-,42-41-,54-51-. The second-order valence-corrected chi connectivity index (χ2v) is 22.3. The molecular formula is C77H126O6. The van der Waals surface area contributed by atoms with Crippen LogP contribution in [-0.4, -0.2) is 37.2 Å². The van der Waals surface area contributed by atoms with Crippen LogP contribution in [0.2, 0.25) is 0 Å². The summed E-state index contributed by atoms with van der Waals surface area (Å²) in [6, 6.07) is 0. The third kappa shape index (κ3) is 68.0. The van der Waals surface area contributed by atoms with Crippen LogP contribution >= 0.6 is 0 Å². The lowest BCUT2D eigenvalue weighted by atomic mass is 10.1. The van der Waals surface area contributed by atoms with E-state index in [-0.39, 0.29) is 31.1 Å². The Morgan fingerprint density at radius 1 is 0.253 bits per heavy atom. The lowest BCUT2D eigenvalue weighted by Crippen LogP contribution is -2.30. The zero-order valence-electron chi connectivity index (χ0n) is 53.9. The molecule has 6 nitrogen and oxygen atoms in total. The van der Waals surface area contributed by atoms with Crippen LogP contribution in [0, 0.1) is 0 Å². The molecule has 0 aliphatic carbocycles. The molecule has 0 rings (SSSR count). The normalized spacial score (nSPS) is 13.0. The van der Waals surface area contributed by atoms with E-state index in [4.69, 9.17) is 14.2 Å². The van der Waals surface area contributed by atoms with E-state index in [9.17, 15) is 14.4 Å². The lowest BCUT2D eigenvalue weighted by molar-refractivity contribution is -0.167. The van der Waals surface area contributed by atoms with Crippen LogP contribution in [0.4, 0.5) is 0 Å². The van der Waals surface area contributed by atoms with Crippen LogP contribution in [-0.2, 0) is 28.6 Å². The van der Waals surface area contributed by atoms with Crippen molar-refractivity contribution in [2.45, 2.75) is 309 Å². The second-order valence-electron chi connectivity index (χ2n) is 22.3. The number of hydrogen-bond acceptors (Lipinski definition) is 6. The minimum absolute atomic E-state index is 0.0962. The van der Waals surface area contributed by atoms with Gasteiger partial charge in [-0.1, -0.05) is 289 Å². The Bertz CT molecular complexity index is 1800. The molecule has 0 heterocycles. The lowest BCUT2D eigenvalue weighted by Gasteiger charge is -2.18. The second kappa shape index (κ2) is 69.8. The van der Waals surface area contributed by atoms with Crippen molar-refractivity contribution in [2.75, 3.05) is 13.2 Å². The number of esters is 3. The number of carbonyl (C=O) groups excluding carboxylic acids is 3. The van der Waals surface area contributed by atoms with Crippen LogP contribution in [0.15, 0.2) is 146 Å². The van der Waals surface area contributed by atoms with Crippen LogP contribution in [0.1, 0.15) is 303 Å². The molecule has 0 aliphatic rings. The quantitative estimate of drug-likeness (QED) is 0.0261. The van der Waals surface area contributed by atoms with Crippen molar-refractivity contribution in [3.8, 4) is 0 Å². The molecule has 0 saturated heterocycles. The molecule has 0 radical (unpaired) electrons. The van der Waals surface area contributed by atoms with Crippen molar-refractivity contribution in [1.82, 2.24) is 0 Å². The van der Waals surface area contributed by atoms with Gasteiger partial charge in [0.1, 0.15) is 13.2 Å². The number of carbonyl (C=O) groups is 3. The van der Waals surface area contributed by atoms with Gasteiger partial charge in [0.15, 0.2) is 6.10 Å². The van der Waals surface area contributed by atoms with Crippen molar-refractivity contribution in [1.29, 1.82) is 0 Å². The van der Waals surface area contributed by atoms with Crippen LogP contribution < -0.4 is 0 Å². The number of unbranched alkanes of at least 4 members (excludes halogenated alkanes) is 26. The maximum Gasteiger partial charge on any atom is 0.306 e. The van der Waals surface area contributed by atoms with Gasteiger partial charge in [-0.05, 0) is 141 Å². The fourth-order valence-electron chi connectivity index (χ4n) is 9.23. The fourth-order valence-corrected chi connectivity index (χ4v) is 9.23. The molecule has 0 fully saturated rings. The molecule has 6 heteroatoms. The Morgan fingerprint density at radius 2 is 0.470 bits per heavy atom. The summed E-state index contributed by atoms with van der Waals surface area (Å²) in [6.07, 6.45) is 100. The first-order valence-electron chi connectivity index (χ1n) is 34.3. The highest BCUT2D eigenvalue weighted by atomic mass is 16.6. The van der Waals surface area contributed by atoms with Gasteiger partial charge in [-0.25, -0.2) is 0 Å². The van der Waals surface area contributed by atoms with Gasteiger partial charge in [0.2, 0.25) is 0 Å². The first-order valence-corrected chi connectivity index (χ1v) is 34.3. The summed E-state index contributed by atoms with van der Waals surface area (Å²) in [4.78, 5) is 38.4. The first-order chi connectivity index (χ1) is 41.0. The summed E-state index contributed by atoms with van der Waals surface area (Å²) in [6.45, 7) is 6.38. The average molecular weight is 1150 g/mol. The summed E-state index contributed by atoms with van der Waals surface area (Å²) in [5.74, 6) is -0.933. The van der Waals surface area contributed by atoms with E-state index >= 15 is 0 Å². The Hall–Kier alpha value is -4.71. The van der Waals surface area contributed by atoms with Gasteiger partial charge in [-0.15, -0.1) is 0 Å². The highest BCUT2D eigenvalue weighted by molar-refractivity contribution is 5.71. The molecule has 0 aromatic rings. The Labute approximate surface area is 512 Å². The minimum atomic E-state index is -0.802. The van der Waals surface area contributed by atoms with Gasteiger partial charge in [-0.3, -0.25) is 14.4 Å². The smallest absolute Gasteiger partial charge is 0.306 e. The Kier molecular flexibility index (Phi) is 65.8. The summed E-state index contributed by atoms with van der Waals surface area (Å²) in [5, 5.41) is 0. The van der Waals surface area contributed by atoms with Crippen LogP contribution in [0.3, 0.4) is 0 Å². The van der Waals surface area contributed by atoms with Crippen LogP contribution in [0.25, 0.3) is 0 Å². The topological polar surface area (TPSA) is 78.9 Å². The number of rotatable bonds is 61. The SMILES string of the molecule is CC/C=C\C/C=C\C/C=C\C/C=C\C/C=C\C/C=C\C/C=C\CCCCCCCCCCCC(=O)OCC(COC(=O)CCCCC/C=C\C/C=C\C/C=C\CC)OC(=O)CCCCCCCCCCC/C=C\C/C=C\CCCCCCC. The molecular weight excluding hydrogens is 1020 g/mol. The molecule has 0 aromatic heterocycles. The zero-order chi connectivity index (χ0) is 59.9. The minimum Gasteiger partial charge on any atom is -0.462 e. The highest BCUT2D eigenvalue weighted by Crippen LogP contribution is 2.16. The summed E-state index contributed by atoms with van der Waals surface area (Å²) >= 11 is 0. The first kappa shape index (κ1) is 78.3. The Balaban J connectivity index is 4.33. The molecule has 0 aromatic carbocycles. The summed E-state index contributed by atoms with van der Waals surface area (Å²) < 4.78 is 16.9. The van der Waals surface area contributed by atoms with E-state index < -0.39 is 6.10 Å². The number of hydrogen-bond donors (Lipinski definition) is 0. The van der Waals surface area contributed by atoms with Crippen molar-refractivity contribution in [3.05, 3.63) is 146 Å². The molecule has 1 atom stereocenters. The summed E-state index contributed by atoms with van der Waals surface area (Å²) in [5.41, 5.74) is 0. The van der Waals surface area contributed by atoms with Crippen molar-refractivity contribution in [2.24, 2.45) is 0 Å². The zero-order valence-corrected chi connectivity index (χ0v) is 53.9. The monoisotopic (exact) mass is 1150 g/mol. The van der Waals surface area contributed by atoms with E-state index in [2.05, 4.69) is 167 Å². The summed E-state index contributed by atoms with van der Waals surface area (Å²) in [7, 11) is 0. The third-order valence-corrected chi connectivity index (χ3v) is 14.3. The van der Waals surface area contributed by atoms with Crippen molar-refractivity contribution in [3.63, 3.8) is 0 Å². The van der Waals surface area contributed by atoms with Crippen molar-refractivity contribution < 1.29 is 28.6 Å². The van der Waals surface area contributed by atoms with E-state index in [1.165, 1.54) is 122 Å². The predicted octanol–water partition coefficient (Wildman–Crippen LogP) is 23.9.